The Labute approximate surface area is 143 Å². The van der Waals surface area contributed by atoms with Gasteiger partial charge in [-0.2, -0.15) is 4.98 Å². The summed E-state index contributed by atoms with van der Waals surface area (Å²) < 4.78 is 12.6. The molecule has 2 aromatic carbocycles. The van der Waals surface area contributed by atoms with Crippen LogP contribution in [0.4, 0.5) is 0 Å². The van der Waals surface area contributed by atoms with Gasteiger partial charge >= 0.3 is 0 Å². The Balaban J connectivity index is 1.48. The predicted octanol–water partition coefficient (Wildman–Crippen LogP) is 2.60. The van der Waals surface area contributed by atoms with Crippen LogP contribution in [0.25, 0.3) is 17.1 Å². The average molecular weight is 334 g/mol. The Morgan fingerprint density at radius 2 is 2.04 bits per heavy atom. The number of benzene rings is 2. The molecule has 0 spiro atoms. The third-order valence-corrected chi connectivity index (χ3v) is 3.65. The Kier molecular flexibility index (Phi) is 3.91. The summed E-state index contributed by atoms with van der Waals surface area (Å²) in [7, 11) is 0. The highest BCUT2D eigenvalue weighted by Gasteiger charge is 2.11. The number of tetrazole rings is 1. The van der Waals surface area contributed by atoms with Crippen molar-refractivity contribution in [1.29, 1.82) is 0 Å². The number of hydrogen-bond donors (Lipinski definition) is 0. The Hall–Kier alpha value is -3.55. The van der Waals surface area contributed by atoms with Gasteiger partial charge in [0.05, 0.1) is 5.69 Å². The molecule has 0 bridgehead atoms. The zero-order chi connectivity index (χ0) is 17.1. The van der Waals surface area contributed by atoms with Crippen LogP contribution in [0, 0.1) is 6.92 Å². The largest absolute Gasteiger partial charge is 0.484 e. The minimum absolute atomic E-state index is 0.179. The second kappa shape index (κ2) is 6.52. The molecule has 25 heavy (non-hydrogen) atoms. The molecule has 2 aromatic heterocycles. The lowest BCUT2D eigenvalue weighted by atomic mass is 10.1. The first-order chi connectivity index (χ1) is 12.3. The van der Waals surface area contributed by atoms with E-state index in [-0.39, 0.29) is 6.61 Å². The maximum atomic E-state index is 5.73. The summed E-state index contributed by atoms with van der Waals surface area (Å²) in [6.07, 6.45) is 1.52. The molecule has 0 saturated heterocycles. The van der Waals surface area contributed by atoms with Crippen LogP contribution in [0.3, 0.4) is 0 Å². The van der Waals surface area contributed by atoms with Gasteiger partial charge in [0, 0.05) is 11.6 Å². The predicted molar refractivity (Wildman–Crippen MR) is 88.0 cm³/mol. The smallest absolute Gasteiger partial charge is 0.264 e. The molecule has 4 rings (SSSR count). The molecule has 0 aliphatic rings. The number of ether oxygens (including phenoxy) is 1. The molecule has 0 aliphatic heterocycles. The van der Waals surface area contributed by atoms with Crippen molar-refractivity contribution < 1.29 is 9.26 Å². The summed E-state index contributed by atoms with van der Waals surface area (Å²) in [5, 5.41) is 15.1. The van der Waals surface area contributed by atoms with E-state index in [1.165, 1.54) is 6.33 Å². The van der Waals surface area contributed by atoms with Gasteiger partial charge in [-0.25, -0.2) is 4.68 Å². The van der Waals surface area contributed by atoms with E-state index in [1.54, 1.807) is 4.68 Å². The lowest BCUT2D eigenvalue weighted by molar-refractivity contribution is 0.243. The van der Waals surface area contributed by atoms with E-state index in [4.69, 9.17) is 9.26 Å². The molecule has 8 nitrogen and oxygen atoms in total. The topological polar surface area (TPSA) is 91.8 Å². The van der Waals surface area contributed by atoms with E-state index in [0.717, 1.165) is 16.8 Å². The molecule has 0 aliphatic carbocycles. The van der Waals surface area contributed by atoms with Gasteiger partial charge in [-0.15, -0.1) is 5.10 Å². The van der Waals surface area contributed by atoms with Crippen molar-refractivity contribution in [2.75, 3.05) is 0 Å². The van der Waals surface area contributed by atoms with Crippen LogP contribution >= 0.6 is 0 Å². The monoisotopic (exact) mass is 334 g/mol. The summed E-state index contributed by atoms with van der Waals surface area (Å²) in [4.78, 5) is 4.39. The average Bonchev–Trinajstić information content (AvgIpc) is 3.33. The van der Waals surface area contributed by atoms with E-state index in [2.05, 4.69) is 25.7 Å². The Bertz CT molecular complexity index is 980. The second-order valence-electron chi connectivity index (χ2n) is 5.37. The number of rotatable bonds is 5. The quantitative estimate of drug-likeness (QED) is 0.554. The third-order valence-electron chi connectivity index (χ3n) is 3.65. The number of hydrogen-bond acceptors (Lipinski definition) is 7. The van der Waals surface area contributed by atoms with Crippen LogP contribution < -0.4 is 4.74 Å². The zero-order valence-corrected chi connectivity index (χ0v) is 13.4. The minimum atomic E-state index is 0.179. The molecule has 0 atom stereocenters. The molecule has 0 amide bonds. The standard InChI is InChI=1S/C17H14N6O2/c1-12-5-2-3-8-15(12)17-19-16(25-20-17)10-24-14-7-4-6-13(9-14)23-11-18-21-22-23/h2-9,11H,10H2,1H3. The Morgan fingerprint density at radius 1 is 1.12 bits per heavy atom. The normalized spacial score (nSPS) is 10.8. The molecule has 0 saturated carbocycles. The van der Waals surface area contributed by atoms with Crippen molar-refractivity contribution in [3.05, 3.63) is 66.3 Å². The summed E-state index contributed by atoms with van der Waals surface area (Å²) in [5.41, 5.74) is 2.83. The van der Waals surface area contributed by atoms with Crippen LogP contribution in [-0.4, -0.2) is 30.3 Å². The highest BCUT2D eigenvalue weighted by molar-refractivity contribution is 5.58. The van der Waals surface area contributed by atoms with Crippen LogP contribution in [-0.2, 0) is 6.61 Å². The van der Waals surface area contributed by atoms with E-state index < -0.39 is 0 Å². The maximum absolute atomic E-state index is 5.73. The summed E-state index contributed by atoms with van der Waals surface area (Å²) >= 11 is 0. The second-order valence-corrected chi connectivity index (χ2v) is 5.37. The molecular formula is C17H14N6O2. The van der Waals surface area contributed by atoms with Gasteiger partial charge in [0.15, 0.2) is 6.61 Å². The van der Waals surface area contributed by atoms with Crippen LogP contribution in [0.5, 0.6) is 5.75 Å². The molecular weight excluding hydrogens is 320 g/mol. The highest BCUT2D eigenvalue weighted by atomic mass is 16.5. The molecule has 0 fully saturated rings. The van der Waals surface area contributed by atoms with Crippen molar-refractivity contribution in [2.45, 2.75) is 13.5 Å². The van der Waals surface area contributed by atoms with E-state index in [9.17, 15) is 0 Å². The first-order valence-corrected chi connectivity index (χ1v) is 7.64. The van der Waals surface area contributed by atoms with Crippen LogP contribution in [0.15, 0.2) is 59.4 Å². The number of aromatic nitrogens is 6. The first-order valence-electron chi connectivity index (χ1n) is 7.64. The zero-order valence-electron chi connectivity index (χ0n) is 13.4. The van der Waals surface area contributed by atoms with Crippen LogP contribution in [0.1, 0.15) is 11.5 Å². The minimum Gasteiger partial charge on any atom is -0.484 e. The fourth-order valence-corrected chi connectivity index (χ4v) is 2.39. The Morgan fingerprint density at radius 3 is 2.88 bits per heavy atom. The van der Waals surface area contributed by atoms with E-state index >= 15 is 0 Å². The molecule has 0 unspecified atom stereocenters. The van der Waals surface area contributed by atoms with Gasteiger partial charge in [-0.1, -0.05) is 35.5 Å². The fraction of sp³-hybridized carbons (Fsp3) is 0.118. The molecule has 4 aromatic rings. The molecule has 124 valence electrons. The lowest BCUT2D eigenvalue weighted by Gasteiger charge is -2.05. The van der Waals surface area contributed by atoms with E-state index in [0.29, 0.717) is 17.5 Å². The molecule has 2 heterocycles. The van der Waals surface area contributed by atoms with Gasteiger partial charge in [-0.05, 0) is 35.0 Å². The van der Waals surface area contributed by atoms with Crippen molar-refractivity contribution in [1.82, 2.24) is 30.3 Å². The molecule has 8 heteroatoms. The molecule has 0 N–H and O–H groups in total. The molecule has 0 radical (unpaired) electrons. The summed E-state index contributed by atoms with van der Waals surface area (Å²) in [6.45, 7) is 2.18. The van der Waals surface area contributed by atoms with Gasteiger partial charge in [0.1, 0.15) is 12.1 Å². The van der Waals surface area contributed by atoms with Crippen LogP contribution in [0.2, 0.25) is 0 Å². The van der Waals surface area contributed by atoms with Crippen molar-refractivity contribution in [3.63, 3.8) is 0 Å². The van der Waals surface area contributed by atoms with E-state index in [1.807, 2.05) is 55.5 Å². The third kappa shape index (κ3) is 3.23. The van der Waals surface area contributed by atoms with Crippen molar-refractivity contribution >= 4 is 0 Å². The number of aryl methyl sites for hydroxylation is 1. The van der Waals surface area contributed by atoms with Gasteiger partial charge in [0.25, 0.3) is 5.89 Å². The summed E-state index contributed by atoms with van der Waals surface area (Å²) in [5.74, 6) is 1.62. The fourth-order valence-electron chi connectivity index (χ4n) is 2.39. The number of nitrogens with zero attached hydrogens (tertiary/aromatic N) is 6. The van der Waals surface area contributed by atoms with Crippen molar-refractivity contribution in [3.8, 4) is 22.8 Å². The SMILES string of the molecule is Cc1ccccc1-c1noc(COc2cccc(-n3cnnn3)c2)n1. The highest BCUT2D eigenvalue weighted by Crippen LogP contribution is 2.21. The lowest BCUT2D eigenvalue weighted by Crippen LogP contribution is -1.99. The van der Waals surface area contributed by atoms with Gasteiger partial charge in [0.2, 0.25) is 5.82 Å². The van der Waals surface area contributed by atoms with Gasteiger partial charge in [-0.3, -0.25) is 0 Å². The summed E-state index contributed by atoms with van der Waals surface area (Å²) in [6, 6.07) is 15.3. The van der Waals surface area contributed by atoms with Crippen molar-refractivity contribution in [2.24, 2.45) is 0 Å². The first kappa shape index (κ1) is 15.0. The van der Waals surface area contributed by atoms with Gasteiger partial charge < -0.3 is 9.26 Å². The maximum Gasteiger partial charge on any atom is 0.264 e.